The van der Waals surface area contributed by atoms with Gasteiger partial charge in [0.15, 0.2) is 0 Å². The summed E-state index contributed by atoms with van der Waals surface area (Å²) in [7, 11) is 0. The molecule has 4 heteroatoms. The number of hydrogen-bond acceptors (Lipinski definition) is 4. The average molecular weight is 176 g/mol. The highest BCUT2D eigenvalue weighted by Crippen LogP contribution is 2.22. The van der Waals surface area contributed by atoms with Crippen LogP contribution in [0.2, 0.25) is 0 Å². The van der Waals surface area contributed by atoms with Crippen molar-refractivity contribution in [3.8, 4) is 0 Å². The van der Waals surface area contributed by atoms with Crippen LogP contribution in [0.15, 0.2) is 0 Å². The summed E-state index contributed by atoms with van der Waals surface area (Å²) in [6, 6.07) is 0. The van der Waals surface area contributed by atoms with E-state index in [2.05, 4.69) is 0 Å². The van der Waals surface area contributed by atoms with Gasteiger partial charge < -0.3 is 20.1 Å². The van der Waals surface area contributed by atoms with Crippen molar-refractivity contribution < 1.29 is 20.1 Å². The fourth-order valence-corrected chi connectivity index (χ4v) is 1.47. The van der Waals surface area contributed by atoms with E-state index in [0.717, 1.165) is 0 Å². The minimum absolute atomic E-state index is 0.363. The van der Waals surface area contributed by atoms with E-state index in [1.165, 1.54) is 0 Å². The second-order valence-corrected chi connectivity index (χ2v) is 3.26. The number of hydrogen-bond donors (Lipinski definition) is 3. The lowest BCUT2D eigenvalue weighted by Crippen LogP contribution is -2.56. The lowest BCUT2D eigenvalue weighted by molar-refractivity contribution is -0.217. The van der Waals surface area contributed by atoms with Gasteiger partial charge in [-0.25, -0.2) is 0 Å². The van der Waals surface area contributed by atoms with Crippen LogP contribution in [-0.2, 0) is 4.74 Å². The van der Waals surface area contributed by atoms with Gasteiger partial charge in [-0.1, -0.05) is 6.92 Å². The van der Waals surface area contributed by atoms with Crippen molar-refractivity contribution in [3.63, 3.8) is 0 Å². The Kier molecular flexibility index (Phi) is 3.06. The Morgan fingerprint density at radius 1 is 1.08 bits per heavy atom. The van der Waals surface area contributed by atoms with Crippen LogP contribution in [0.5, 0.6) is 0 Å². The van der Waals surface area contributed by atoms with Crippen LogP contribution in [-0.4, -0.2) is 45.8 Å². The average Bonchev–Trinajstić information content (AvgIpc) is 2.08. The second kappa shape index (κ2) is 3.70. The second-order valence-electron chi connectivity index (χ2n) is 3.26. The molecule has 1 heterocycles. The highest BCUT2D eigenvalue weighted by molar-refractivity contribution is 4.89. The first-order valence-electron chi connectivity index (χ1n) is 4.27. The Balaban J connectivity index is 2.63. The number of ether oxygens (including phenoxy) is 1. The molecule has 0 saturated carbocycles. The summed E-state index contributed by atoms with van der Waals surface area (Å²) >= 11 is 0. The van der Waals surface area contributed by atoms with Crippen molar-refractivity contribution in [2.75, 3.05) is 0 Å². The predicted molar refractivity (Wildman–Crippen MR) is 42.6 cm³/mol. The molecule has 1 saturated heterocycles. The van der Waals surface area contributed by atoms with Crippen LogP contribution in [0.25, 0.3) is 0 Å². The maximum atomic E-state index is 9.39. The first-order valence-corrected chi connectivity index (χ1v) is 4.27. The molecule has 0 bridgehead atoms. The summed E-state index contributed by atoms with van der Waals surface area (Å²) in [5.41, 5.74) is 0. The Bertz CT molecular complexity index is 145. The van der Waals surface area contributed by atoms with E-state index in [1.54, 1.807) is 6.92 Å². The minimum atomic E-state index is -1.08. The maximum absolute atomic E-state index is 9.39. The molecule has 0 aromatic rings. The molecule has 0 aliphatic carbocycles. The van der Waals surface area contributed by atoms with Gasteiger partial charge in [0.25, 0.3) is 0 Å². The summed E-state index contributed by atoms with van der Waals surface area (Å²) < 4.78 is 5.27. The fourth-order valence-electron chi connectivity index (χ4n) is 1.47. The molecule has 0 amide bonds. The van der Waals surface area contributed by atoms with Gasteiger partial charge in [-0.15, -0.1) is 0 Å². The molecule has 12 heavy (non-hydrogen) atoms. The molecule has 4 nitrogen and oxygen atoms in total. The molecule has 0 aromatic heterocycles. The van der Waals surface area contributed by atoms with Gasteiger partial charge in [0.2, 0.25) is 0 Å². The van der Waals surface area contributed by atoms with Gasteiger partial charge in [-0.3, -0.25) is 0 Å². The van der Waals surface area contributed by atoms with Crippen molar-refractivity contribution in [2.24, 2.45) is 0 Å². The van der Waals surface area contributed by atoms with Gasteiger partial charge in [0, 0.05) is 0 Å². The maximum Gasteiger partial charge on any atom is 0.111 e. The normalized spacial score (nSPS) is 49.2. The zero-order valence-electron chi connectivity index (χ0n) is 7.34. The molecular formula is C8H16O4. The van der Waals surface area contributed by atoms with E-state index in [1.807, 2.05) is 6.92 Å². The lowest BCUT2D eigenvalue weighted by Gasteiger charge is -2.39. The van der Waals surface area contributed by atoms with Crippen molar-refractivity contribution in [3.05, 3.63) is 0 Å². The zero-order valence-corrected chi connectivity index (χ0v) is 7.34. The molecule has 1 aliphatic rings. The summed E-state index contributed by atoms with van der Waals surface area (Å²) in [4.78, 5) is 0. The summed E-state index contributed by atoms with van der Waals surface area (Å²) in [5.74, 6) is 0. The molecule has 72 valence electrons. The van der Waals surface area contributed by atoms with Crippen LogP contribution in [0, 0.1) is 0 Å². The predicted octanol–water partition coefficient (Wildman–Crippen LogP) is -0.734. The fraction of sp³-hybridized carbons (Fsp3) is 1.00. The zero-order chi connectivity index (χ0) is 9.30. The topological polar surface area (TPSA) is 69.9 Å². The summed E-state index contributed by atoms with van der Waals surface area (Å²) in [5, 5.41) is 28.0. The van der Waals surface area contributed by atoms with E-state index < -0.39 is 24.4 Å². The third-order valence-electron chi connectivity index (χ3n) is 2.35. The molecule has 1 rings (SSSR count). The molecule has 2 unspecified atom stereocenters. The van der Waals surface area contributed by atoms with Gasteiger partial charge in [-0.2, -0.15) is 0 Å². The van der Waals surface area contributed by atoms with E-state index in [4.69, 9.17) is 4.74 Å². The van der Waals surface area contributed by atoms with Gasteiger partial charge in [0.1, 0.15) is 18.3 Å². The quantitative estimate of drug-likeness (QED) is 0.492. The molecule has 0 radical (unpaired) electrons. The van der Waals surface area contributed by atoms with E-state index in [9.17, 15) is 15.3 Å². The lowest BCUT2D eigenvalue weighted by atomic mass is 9.94. The first kappa shape index (κ1) is 9.92. The van der Waals surface area contributed by atoms with Crippen molar-refractivity contribution >= 4 is 0 Å². The Hall–Kier alpha value is -0.160. The van der Waals surface area contributed by atoms with Crippen LogP contribution in [0.4, 0.5) is 0 Å². The molecule has 1 aliphatic heterocycles. The van der Waals surface area contributed by atoms with Gasteiger partial charge in [0.05, 0.1) is 12.2 Å². The van der Waals surface area contributed by atoms with Crippen molar-refractivity contribution in [1.82, 2.24) is 0 Å². The monoisotopic (exact) mass is 176 g/mol. The number of aliphatic hydroxyl groups is 3. The third-order valence-corrected chi connectivity index (χ3v) is 2.35. The van der Waals surface area contributed by atoms with Crippen LogP contribution in [0.1, 0.15) is 20.3 Å². The molecule has 3 N–H and O–H groups in total. The number of rotatable bonds is 1. The van der Waals surface area contributed by atoms with Gasteiger partial charge >= 0.3 is 0 Å². The summed E-state index contributed by atoms with van der Waals surface area (Å²) in [6.07, 6.45) is -3.18. The largest absolute Gasteiger partial charge is 0.388 e. The molecule has 1 fully saturated rings. The van der Waals surface area contributed by atoms with Crippen molar-refractivity contribution in [2.45, 2.75) is 50.8 Å². The van der Waals surface area contributed by atoms with Crippen LogP contribution in [0.3, 0.4) is 0 Å². The number of aliphatic hydroxyl groups excluding tert-OH is 3. The van der Waals surface area contributed by atoms with Gasteiger partial charge in [-0.05, 0) is 13.3 Å². The molecule has 0 aromatic carbocycles. The standard InChI is InChI=1S/C8H16O4/c1-3-5-7(10)8(11)6(9)4(2)12-5/h4-11H,3H2,1-2H3/t4-,5?,6?,7-,8+/m0/s1. The van der Waals surface area contributed by atoms with E-state index >= 15 is 0 Å². The highest BCUT2D eigenvalue weighted by atomic mass is 16.5. The first-order chi connectivity index (χ1) is 5.57. The van der Waals surface area contributed by atoms with E-state index in [0.29, 0.717) is 6.42 Å². The minimum Gasteiger partial charge on any atom is -0.388 e. The van der Waals surface area contributed by atoms with E-state index in [-0.39, 0.29) is 6.10 Å². The van der Waals surface area contributed by atoms with Crippen LogP contribution < -0.4 is 0 Å². The Morgan fingerprint density at radius 2 is 1.67 bits per heavy atom. The molecule has 5 atom stereocenters. The molecular weight excluding hydrogens is 160 g/mol. The van der Waals surface area contributed by atoms with Crippen molar-refractivity contribution in [1.29, 1.82) is 0 Å². The smallest absolute Gasteiger partial charge is 0.111 e. The SMILES string of the molecule is CCC1O[C@@H](C)C(O)[C@@H](O)[C@H]1O. The molecule has 0 spiro atoms. The van der Waals surface area contributed by atoms with Crippen LogP contribution >= 0.6 is 0 Å². The Labute approximate surface area is 71.8 Å². The third kappa shape index (κ3) is 1.61. The Morgan fingerprint density at radius 3 is 2.17 bits per heavy atom. The highest BCUT2D eigenvalue weighted by Gasteiger charge is 2.40. The summed E-state index contributed by atoms with van der Waals surface area (Å²) in [6.45, 7) is 3.55.